The maximum absolute atomic E-state index is 12.3. The topological polar surface area (TPSA) is 85.7 Å². The number of nitrogens with zero attached hydrogens (tertiary/aromatic N) is 1. The molecule has 1 unspecified atom stereocenters. The third-order valence-corrected chi connectivity index (χ3v) is 2.42. The molecular formula is C11H11F3N4O. The van der Waals surface area contributed by atoms with E-state index in [1.54, 1.807) is 0 Å². The number of aliphatic imine (C=N–C) groups is 1. The van der Waals surface area contributed by atoms with E-state index in [0.29, 0.717) is 0 Å². The molecule has 0 spiro atoms. The minimum absolute atomic E-state index is 0.00631. The van der Waals surface area contributed by atoms with Crippen molar-refractivity contribution in [1.82, 2.24) is 5.32 Å². The number of rotatable bonds is 2. The number of alkyl halides is 3. The minimum atomic E-state index is -4.81. The summed E-state index contributed by atoms with van der Waals surface area (Å²) in [7, 11) is 0. The number of benzene rings is 1. The Morgan fingerprint density at radius 1 is 1.26 bits per heavy atom. The monoisotopic (exact) mass is 272 g/mol. The van der Waals surface area contributed by atoms with Gasteiger partial charge < -0.3 is 15.8 Å². The third kappa shape index (κ3) is 2.97. The predicted molar refractivity (Wildman–Crippen MR) is 62.9 cm³/mol. The SMILES string of the molecule is NC1=NC(N)(c2ccccc2OC(F)(F)F)C=CN1. The lowest BCUT2D eigenvalue weighted by Gasteiger charge is -2.27. The quantitative estimate of drug-likeness (QED) is 0.753. The number of hydrogen-bond donors (Lipinski definition) is 3. The van der Waals surface area contributed by atoms with Crippen LogP contribution in [0, 0.1) is 0 Å². The predicted octanol–water partition coefficient (Wildman–Crippen LogP) is 1.13. The number of nitrogens with one attached hydrogen (secondary N) is 1. The first-order valence-corrected chi connectivity index (χ1v) is 5.24. The van der Waals surface area contributed by atoms with E-state index in [9.17, 15) is 13.2 Å². The lowest BCUT2D eigenvalue weighted by atomic mass is 9.99. The molecule has 19 heavy (non-hydrogen) atoms. The van der Waals surface area contributed by atoms with E-state index in [1.807, 2.05) is 0 Å². The van der Waals surface area contributed by atoms with Crippen LogP contribution in [0.2, 0.25) is 0 Å². The van der Waals surface area contributed by atoms with E-state index in [2.05, 4.69) is 15.0 Å². The third-order valence-electron chi connectivity index (χ3n) is 2.42. The summed E-state index contributed by atoms with van der Waals surface area (Å²) < 4.78 is 41.0. The van der Waals surface area contributed by atoms with Gasteiger partial charge in [0.2, 0.25) is 0 Å². The normalized spacial score (nSPS) is 22.6. The summed E-state index contributed by atoms with van der Waals surface area (Å²) in [5.74, 6) is -0.410. The number of guanidine groups is 1. The Kier molecular flexibility index (Phi) is 3.11. The van der Waals surface area contributed by atoms with Crippen molar-refractivity contribution in [2.45, 2.75) is 12.0 Å². The van der Waals surface area contributed by atoms with Crippen LogP contribution in [0.5, 0.6) is 5.75 Å². The smallest absolute Gasteiger partial charge is 0.405 e. The van der Waals surface area contributed by atoms with Crippen LogP contribution >= 0.6 is 0 Å². The molecule has 0 bridgehead atoms. The molecule has 0 radical (unpaired) electrons. The summed E-state index contributed by atoms with van der Waals surface area (Å²) in [6.07, 6.45) is -2.01. The molecule has 5 N–H and O–H groups in total. The first kappa shape index (κ1) is 13.2. The molecular weight excluding hydrogens is 261 g/mol. The van der Waals surface area contributed by atoms with Crippen LogP contribution < -0.4 is 21.5 Å². The highest BCUT2D eigenvalue weighted by atomic mass is 19.4. The van der Waals surface area contributed by atoms with Crippen LogP contribution in [0.25, 0.3) is 0 Å². The van der Waals surface area contributed by atoms with Gasteiger partial charge in [-0.25, -0.2) is 4.99 Å². The zero-order valence-electron chi connectivity index (χ0n) is 9.61. The molecule has 1 heterocycles. The zero-order valence-corrected chi connectivity index (χ0v) is 9.61. The number of hydrogen-bond acceptors (Lipinski definition) is 5. The number of halogens is 3. The fourth-order valence-electron chi connectivity index (χ4n) is 1.68. The fourth-order valence-corrected chi connectivity index (χ4v) is 1.68. The molecule has 1 aromatic carbocycles. The summed E-state index contributed by atoms with van der Waals surface area (Å²) in [5.41, 5.74) is 9.98. The van der Waals surface area contributed by atoms with Crippen molar-refractivity contribution in [2.24, 2.45) is 16.5 Å². The summed E-state index contributed by atoms with van der Waals surface area (Å²) in [4.78, 5) is 3.90. The van der Waals surface area contributed by atoms with Gasteiger partial charge in [-0.3, -0.25) is 5.73 Å². The molecule has 0 aromatic heterocycles. The van der Waals surface area contributed by atoms with E-state index in [-0.39, 0.29) is 11.5 Å². The summed E-state index contributed by atoms with van der Waals surface area (Å²) in [5, 5.41) is 2.58. The van der Waals surface area contributed by atoms with E-state index in [0.717, 1.165) is 0 Å². The van der Waals surface area contributed by atoms with Gasteiger partial charge >= 0.3 is 6.36 Å². The Labute approximate surface area is 106 Å². The first-order chi connectivity index (χ1) is 8.80. The molecule has 5 nitrogen and oxygen atoms in total. The molecule has 0 saturated heterocycles. The van der Waals surface area contributed by atoms with Crippen LogP contribution in [0.3, 0.4) is 0 Å². The van der Waals surface area contributed by atoms with E-state index in [1.165, 1.54) is 36.5 Å². The minimum Gasteiger partial charge on any atom is -0.405 e. The summed E-state index contributed by atoms with van der Waals surface area (Å²) in [6.45, 7) is 0. The average molecular weight is 272 g/mol. The van der Waals surface area contributed by atoms with Crippen molar-refractivity contribution in [3.05, 3.63) is 42.1 Å². The largest absolute Gasteiger partial charge is 0.573 e. The highest BCUT2D eigenvalue weighted by molar-refractivity contribution is 5.80. The van der Waals surface area contributed by atoms with Gasteiger partial charge in [-0.1, -0.05) is 18.2 Å². The molecule has 0 saturated carbocycles. The lowest BCUT2D eigenvalue weighted by molar-refractivity contribution is -0.275. The zero-order chi connectivity index (χ0) is 14.1. The maximum Gasteiger partial charge on any atom is 0.573 e. The van der Waals surface area contributed by atoms with Gasteiger partial charge in [-0.2, -0.15) is 0 Å². The molecule has 1 aromatic rings. The lowest BCUT2D eigenvalue weighted by Crippen LogP contribution is -2.42. The van der Waals surface area contributed by atoms with Gasteiger partial charge in [0, 0.05) is 11.8 Å². The highest BCUT2D eigenvalue weighted by Crippen LogP contribution is 2.34. The molecule has 0 amide bonds. The van der Waals surface area contributed by atoms with Crippen molar-refractivity contribution in [2.75, 3.05) is 0 Å². The maximum atomic E-state index is 12.3. The molecule has 1 aliphatic heterocycles. The van der Waals surface area contributed by atoms with E-state index >= 15 is 0 Å². The second-order valence-electron chi connectivity index (χ2n) is 3.84. The van der Waals surface area contributed by atoms with Gasteiger partial charge in [-0.15, -0.1) is 13.2 Å². The van der Waals surface area contributed by atoms with Crippen molar-refractivity contribution in [3.63, 3.8) is 0 Å². The van der Waals surface area contributed by atoms with Gasteiger partial charge in [-0.05, 0) is 12.1 Å². The molecule has 0 aliphatic carbocycles. The molecule has 8 heteroatoms. The van der Waals surface area contributed by atoms with Crippen molar-refractivity contribution in [3.8, 4) is 5.75 Å². The Hall–Kier alpha value is -2.22. The number of ether oxygens (including phenoxy) is 1. The van der Waals surface area contributed by atoms with E-state index < -0.39 is 17.8 Å². The van der Waals surface area contributed by atoms with Crippen molar-refractivity contribution in [1.29, 1.82) is 0 Å². The van der Waals surface area contributed by atoms with Gasteiger partial charge in [0.25, 0.3) is 0 Å². The second-order valence-corrected chi connectivity index (χ2v) is 3.84. The van der Waals surface area contributed by atoms with Crippen LogP contribution in [0.4, 0.5) is 13.2 Å². The molecule has 102 valence electrons. The standard InChI is InChI=1S/C11H11F3N4O/c12-11(13,14)19-8-4-2-1-3-7(8)10(16)5-6-17-9(15)18-10/h1-6H,16H2,(H3,15,17,18). The highest BCUT2D eigenvalue weighted by Gasteiger charge is 2.36. The first-order valence-electron chi connectivity index (χ1n) is 5.24. The Balaban J connectivity index is 2.45. The van der Waals surface area contributed by atoms with Crippen molar-refractivity contribution >= 4 is 5.96 Å². The van der Waals surface area contributed by atoms with Gasteiger partial charge in [0.1, 0.15) is 5.75 Å². The Bertz CT molecular complexity index is 541. The van der Waals surface area contributed by atoms with Crippen LogP contribution in [0.1, 0.15) is 5.56 Å². The van der Waals surface area contributed by atoms with Crippen LogP contribution in [-0.4, -0.2) is 12.3 Å². The van der Waals surface area contributed by atoms with Crippen LogP contribution in [-0.2, 0) is 5.66 Å². The number of nitrogens with two attached hydrogens (primary N) is 2. The number of para-hydroxylation sites is 1. The summed E-state index contributed by atoms with van der Waals surface area (Å²) in [6, 6.07) is 5.51. The van der Waals surface area contributed by atoms with Gasteiger partial charge in [0.15, 0.2) is 11.6 Å². The van der Waals surface area contributed by atoms with Crippen LogP contribution in [0.15, 0.2) is 41.5 Å². The Morgan fingerprint density at radius 2 is 1.95 bits per heavy atom. The molecule has 1 aliphatic rings. The second kappa shape index (κ2) is 4.47. The fraction of sp³-hybridized carbons (Fsp3) is 0.182. The molecule has 2 rings (SSSR count). The van der Waals surface area contributed by atoms with Crippen molar-refractivity contribution < 1.29 is 17.9 Å². The van der Waals surface area contributed by atoms with Gasteiger partial charge in [0.05, 0.1) is 0 Å². The van der Waals surface area contributed by atoms with E-state index in [4.69, 9.17) is 11.5 Å². The average Bonchev–Trinajstić information content (AvgIpc) is 2.27. The molecule has 1 atom stereocenters. The molecule has 0 fully saturated rings. The Morgan fingerprint density at radius 3 is 2.58 bits per heavy atom. The summed E-state index contributed by atoms with van der Waals surface area (Å²) >= 11 is 0.